The Balaban J connectivity index is -0.00000121. The molecule has 9 rings (SSSR count). The fourth-order valence-corrected chi connectivity index (χ4v) is 11.7. The first-order valence-corrected chi connectivity index (χ1v) is 37.9. The van der Waals surface area contributed by atoms with E-state index < -0.39 is 0 Å². The fourth-order valence-electron chi connectivity index (χ4n) is 11.7. The summed E-state index contributed by atoms with van der Waals surface area (Å²) in [6, 6.07) is 76.3. The standard InChI is InChI=1S/C21H28.C20H26.C18H24.3C14H22.6CH4/c1-20(2,3)18-11-7-16(8-12-18)15-17-9-13-19(14-10-17)21(4,5)6;1-19(2,3)17-11-7-15(8-12-17)16-9-13-18(14-10-16)20(4,5)6;1-17(2,3)15-9-7-13-8-10-16(18(4,5)6)12-14(13)11-15;1-13(2,3)11-7-9-12(10-8-11)14(4,5)6;1-13(2,3)11-8-7-9-12(10-11)14(4,5)6;1-13(2,3)11-9-7-8-10-12(11)14(4,5)6;;;;;;/h7-14H,15H2,1-6H3;7-14H,1-6H3;7-12H,1-6H3;3*7-10H,1-6H3;6*1H4. The van der Waals surface area contributed by atoms with Gasteiger partial charge in [-0.25, -0.2) is 0 Å². The summed E-state index contributed by atoms with van der Waals surface area (Å²) >= 11 is 0. The molecule has 0 spiro atoms. The third-order valence-corrected chi connectivity index (χ3v) is 19.2. The smallest absolute Gasteiger partial charge is 0.00258 e. The Labute approximate surface area is 667 Å². The molecule has 0 heterocycles. The van der Waals surface area contributed by atoms with Gasteiger partial charge in [-0.3, -0.25) is 0 Å². The van der Waals surface area contributed by atoms with Gasteiger partial charge in [0, 0.05) is 0 Å². The zero-order valence-corrected chi connectivity index (χ0v) is 71.3. The minimum atomic E-state index is 0. The number of fused-ring (bicyclic) bond motifs is 1. The average molecular weight is 1450 g/mol. The van der Waals surface area contributed by atoms with E-state index in [2.05, 4.69) is 456 Å². The molecule has 0 nitrogen and oxygen atoms in total. The van der Waals surface area contributed by atoms with Gasteiger partial charge >= 0.3 is 0 Å². The van der Waals surface area contributed by atoms with Crippen molar-refractivity contribution in [2.24, 2.45) is 0 Å². The molecule has 0 radical (unpaired) electrons. The second kappa shape index (κ2) is 40.3. The van der Waals surface area contributed by atoms with Crippen LogP contribution in [0.1, 0.15) is 372 Å². The van der Waals surface area contributed by atoms with E-state index in [0.29, 0.717) is 0 Å². The molecular formula is C107H168. The molecule has 0 bridgehead atoms. The Hall–Kier alpha value is -6.76. The number of benzene rings is 9. The van der Waals surface area contributed by atoms with Crippen LogP contribution in [-0.4, -0.2) is 0 Å². The monoisotopic (exact) mass is 1450 g/mol. The van der Waals surface area contributed by atoms with Crippen molar-refractivity contribution in [1.82, 2.24) is 0 Å². The summed E-state index contributed by atoms with van der Waals surface area (Å²) in [5.74, 6) is 0. The number of hydrogen-bond acceptors (Lipinski definition) is 0. The molecule has 0 unspecified atom stereocenters. The normalized spacial score (nSPS) is 12.1. The second-order valence-corrected chi connectivity index (χ2v) is 41.2. The van der Waals surface area contributed by atoms with Gasteiger partial charge in [0.1, 0.15) is 0 Å². The summed E-state index contributed by atoms with van der Waals surface area (Å²) in [6.45, 7) is 81.3. The zero-order valence-electron chi connectivity index (χ0n) is 71.3. The highest BCUT2D eigenvalue weighted by Gasteiger charge is 2.26. The molecule has 0 aliphatic heterocycles. The summed E-state index contributed by atoms with van der Waals surface area (Å²) in [7, 11) is 0. The maximum Gasteiger partial charge on any atom is -0.00258 e. The maximum atomic E-state index is 2.34. The lowest BCUT2D eigenvalue weighted by atomic mass is 9.75. The molecule has 0 N–H and O–H groups in total. The lowest BCUT2D eigenvalue weighted by molar-refractivity contribution is 0.530. The summed E-state index contributed by atoms with van der Waals surface area (Å²) in [5.41, 5.74) is 25.1. The van der Waals surface area contributed by atoms with Gasteiger partial charge in [0.2, 0.25) is 0 Å². The fraction of sp³-hybridized carbons (Fsp3) is 0.514. The molecular weight excluding hydrogens is 1290 g/mol. The summed E-state index contributed by atoms with van der Waals surface area (Å²) in [5, 5.41) is 2.69. The molecule has 107 heavy (non-hydrogen) atoms. The maximum absolute atomic E-state index is 2.34. The van der Waals surface area contributed by atoms with Crippen LogP contribution in [0.3, 0.4) is 0 Å². The quantitative estimate of drug-likeness (QED) is 0.165. The van der Waals surface area contributed by atoms with Crippen LogP contribution in [-0.2, 0) is 71.4 Å². The Morgan fingerprint density at radius 2 is 0.346 bits per heavy atom. The zero-order chi connectivity index (χ0) is 77.1. The molecule has 9 aromatic carbocycles. The van der Waals surface area contributed by atoms with Gasteiger partial charge in [-0.15, -0.1) is 0 Å². The minimum absolute atomic E-state index is 0. The SMILES string of the molecule is C.C.C.C.C.C.CC(C)(C)c1ccc(-c2ccc(C(C)(C)C)cc2)cc1.CC(C)(C)c1ccc(C(C)(C)C)cc1.CC(C)(C)c1ccc(Cc2ccc(C(C)(C)C)cc2)cc1.CC(C)(C)c1ccc2ccc(C(C)(C)C)cc2c1.CC(C)(C)c1cccc(C(C)(C)C)c1.CC(C)(C)c1ccccc1C(C)(C)C. The first-order valence-electron chi connectivity index (χ1n) is 37.9. The Kier molecular flexibility index (Phi) is 39.3. The lowest BCUT2D eigenvalue weighted by Gasteiger charge is -2.29. The highest BCUT2D eigenvalue weighted by atomic mass is 14.3. The lowest BCUT2D eigenvalue weighted by Crippen LogP contribution is -2.21. The molecule has 0 heteroatoms. The van der Waals surface area contributed by atoms with Gasteiger partial charge in [0.25, 0.3) is 0 Å². The molecule has 9 aromatic rings. The largest absolute Gasteiger partial charge is 0.0776 e. The molecule has 0 atom stereocenters. The van der Waals surface area contributed by atoms with E-state index in [-0.39, 0.29) is 110 Å². The molecule has 0 saturated carbocycles. The Morgan fingerprint density at radius 1 is 0.159 bits per heavy atom. The molecule has 596 valence electrons. The van der Waals surface area contributed by atoms with Crippen LogP contribution in [0.15, 0.2) is 206 Å². The van der Waals surface area contributed by atoms with Crippen molar-refractivity contribution in [2.45, 2.75) is 365 Å². The van der Waals surface area contributed by atoms with Crippen molar-refractivity contribution in [3.63, 3.8) is 0 Å². The third-order valence-electron chi connectivity index (χ3n) is 19.2. The third kappa shape index (κ3) is 34.0. The van der Waals surface area contributed by atoms with E-state index in [4.69, 9.17) is 0 Å². The van der Waals surface area contributed by atoms with Crippen LogP contribution in [0.25, 0.3) is 21.9 Å². The van der Waals surface area contributed by atoms with Crippen molar-refractivity contribution in [3.05, 3.63) is 284 Å². The Bertz CT molecular complexity index is 3700. The van der Waals surface area contributed by atoms with Gasteiger partial charge in [-0.2, -0.15) is 0 Å². The molecule has 0 aliphatic carbocycles. The van der Waals surface area contributed by atoms with E-state index in [1.165, 1.54) is 99.8 Å². The van der Waals surface area contributed by atoms with Crippen molar-refractivity contribution >= 4 is 10.8 Å². The molecule has 0 fully saturated rings. The van der Waals surface area contributed by atoms with Crippen molar-refractivity contribution in [1.29, 1.82) is 0 Å². The highest BCUT2D eigenvalue weighted by molar-refractivity contribution is 5.84. The first-order chi connectivity index (χ1) is 45.7. The second-order valence-electron chi connectivity index (χ2n) is 41.2. The van der Waals surface area contributed by atoms with Gasteiger partial charge in [-0.1, -0.05) is 500 Å². The Morgan fingerprint density at radius 3 is 0.551 bits per heavy atom. The van der Waals surface area contributed by atoms with Crippen LogP contribution in [0.5, 0.6) is 0 Å². The summed E-state index contributed by atoms with van der Waals surface area (Å²) in [4.78, 5) is 0. The number of rotatable bonds is 3. The van der Waals surface area contributed by atoms with Gasteiger partial charge in [0.05, 0.1) is 0 Å². The van der Waals surface area contributed by atoms with Gasteiger partial charge in [-0.05, 0) is 171 Å². The molecule has 0 amide bonds. The van der Waals surface area contributed by atoms with Crippen molar-refractivity contribution in [3.8, 4) is 11.1 Å². The van der Waals surface area contributed by atoms with Crippen LogP contribution in [0.4, 0.5) is 0 Å². The van der Waals surface area contributed by atoms with Crippen LogP contribution in [0, 0.1) is 0 Å². The van der Waals surface area contributed by atoms with Gasteiger partial charge in [0.15, 0.2) is 0 Å². The van der Waals surface area contributed by atoms with Crippen LogP contribution < -0.4 is 0 Å². The molecule has 0 aliphatic rings. The van der Waals surface area contributed by atoms with Crippen molar-refractivity contribution < 1.29 is 0 Å². The van der Waals surface area contributed by atoms with Crippen LogP contribution >= 0.6 is 0 Å². The van der Waals surface area contributed by atoms with E-state index >= 15 is 0 Å². The van der Waals surface area contributed by atoms with Crippen LogP contribution in [0.2, 0.25) is 0 Å². The topological polar surface area (TPSA) is 0 Å². The van der Waals surface area contributed by atoms with E-state index in [1.54, 1.807) is 0 Å². The molecule has 0 aromatic heterocycles. The van der Waals surface area contributed by atoms with E-state index in [9.17, 15) is 0 Å². The molecule has 0 saturated heterocycles. The average Bonchev–Trinajstić information content (AvgIpc) is 0.808. The van der Waals surface area contributed by atoms with E-state index in [1.807, 2.05) is 0 Å². The summed E-state index contributed by atoms with van der Waals surface area (Å²) < 4.78 is 0. The highest BCUT2D eigenvalue weighted by Crippen LogP contribution is 2.36. The van der Waals surface area contributed by atoms with Gasteiger partial charge < -0.3 is 0 Å². The minimum Gasteiger partial charge on any atom is -0.0776 e. The number of hydrogen-bond donors (Lipinski definition) is 0. The predicted molar refractivity (Wildman–Crippen MR) is 496 cm³/mol. The predicted octanol–water partition coefficient (Wildman–Crippen LogP) is 33.9. The summed E-state index contributed by atoms with van der Waals surface area (Å²) in [6.07, 6.45) is 1.01. The van der Waals surface area contributed by atoms with Crippen molar-refractivity contribution in [2.75, 3.05) is 0 Å². The first kappa shape index (κ1) is 104. The van der Waals surface area contributed by atoms with E-state index in [0.717, 1.165) is 6.42 Å².